The van der Waals surface area contributed by atoms with Crippen LogP contribution in [0.4, 0.5) is 0 Å². The van der Waals surface area contributed by atoms with Crippen LogP contribution in [0.5, 0.6) is 0 Å². The van der Waals surface area contributed by atoms with Gasteiger partial charge in [-0.2, -0.15) is 0 Å². The zero-order valence-corrected chi connectivity index (χ0v) is 11.1. The first kappa shape index (κ1) is 12.5. The van der Waals surface area contributed by atoms with Crippen molar-refractivity contribution in [2.45, 2.75) is 32.7 Å². The van der Waals surface area contributed by atoms with Crippen LogP contribution in [0.3, 0.4) is 0 Å². The highest BCUT2D eigenvalue weighted by Crippen LogP contribution is 2.22. The molecule has 2 rings (SSSR count). The number of aliphatic hydroxyl groups excluding tert-OH is 1. The summed E-state index contributed by atoms with van der Waals surface area (Å²) >= 11 is 0. The molecular formula is C12H22N4O. The monoisotopic (exact) mass is 238 g/mol. The number of aryl methyl sites for hydroxylation is 1. The van der Waals surface area contributed by atoms with Gasteiger partial charge in [0.15, 0.2) is 6.23 Å². The van der Waals surface area contributed by atoms with Crippen LogP contribution in [0, 0.1) is 6.92 Å². The van der Waals surface area contributed by atoms with E-state index in [1.165, 1.54) is 0 Å². The first-order chi connectivity index (χ1) is 8.00. The third-order valence-corrected chi connectivity index (χ3v) is 3.39. The first-order valence-corrected chi connectivity index (χ1v) is 6.09. The molecule has 0 spiro atoms. The normalized spacial score (nSPS) is 19.2. The van der Waals surface area contributed by atoms with E-state index in [2.05, 4.69) is 21.5 Å². The zero-order chi connectivity index (χ0) is 12.6. The van der Waals surface area contributed by atoms with Crippen molar-refractivity contribution in [3.63, 3.8) is 0 Å². The highest BCUT2D eigenvalue weighted by Gasteiger charge is 2.22. The van der Waals surface area contributed by atoms with E-state index in [0.29, 0.717) is 0 Å². The molecule has 0 fully saturated rings. The van der Waals surface area contributed by atoms with E-state index < -0.39 is 6.23 Å². The van der Waals surface area contributed by atoms with Gasteiger partial charge in [-0.05, 0) is 41.0 Å². The summed E-state index contributed by atoms with van der Waals surface area (Å²) in [5.74, 6) is 1.10. The van der Waals surface area contributed by atoms with Gasteiger partial charge in [-0.15, -0.1) is 0 Å². The number of hydrogen-bond acceptors (Lipinski definition) is 4. The predicted octanol–water partition coefficient (Wildman–Crippen LogP) is 0.580. The number of imidazole rings is 1. The van der Waals surface area contributed by atoms with Crippen molar-refractivity contribution in [1.29, 1.82) is 0 Å². The van der Waals surface area contributed by atoms with Gasteiger partial charge in [0.25, 0.3) is 0 Å². The number of hydrogen-bond donors (Lipinski definition) is 1. The minimum atomic E-state index is -0.611. The van der Waals surface area contributed by atoms with Crippen LogP contribution in [0.1, 0.15) is 29.9 Å². The average Bonchev–Trinajstić information content (AvgIpc) is 2.47. The highest BCUT2D eigenvalue weighted by atomic mass is 16.3. The van der Waals surface area contributed by atoms with Gasteiger partial charge in [-0.25, -0.2) is 4.98 Å². The van der Waals surface area contributed by atoms with Crippen LogP contribution in [0.2, 0.25) is 0 Å². The summed E-state index contributed by atoms with van der Waals surface area (Å²) in [5, 5.41) is 10.1. The molecule has 0 saturated heterocycles. The molecule has 1 aromatic heterocycles. The summed E-state index contributed by atoms with van der Waals surface area (Å²) in [6.07, 6.45) is 1.51. The van der Waals surface area contributed by atoms with Gasteiger partial charge in [-0.1, -0.05) is 0 Å². The Morgan fingerprint density at radius 1 is 1.41 bits per heavy atom. The number of aliphatic hydroxyl groups is 1. The Bertz CT molecular complexity index is 399. The molecule has 96 valence electrons. The molecule has 5 nitrogen and oxygen atoms in total. The second-order valence-electron chi connectivity index (χ2n) is 5.09. The Hall–Kier alpha value is -0.910. The minimum absolute atomic E-state index is 0.611. The fourth-order valence-corrected chi connectivity index (χ4v) is 2.30. The predicted molar refractivity (Wildman–Crippen MR) is 66.6 cm³/mol. The van der Waals surface area contributed by atoms with Gasteiger partial charge in [0, 0.05) is 12.1 Å². The van der Waals surface area contributed by atoms with E-state index in [0.717, 1.165) is 43.3 Å². The van der Waals surface area contributed by atoms with Crippen molar-refractivity contribution in [2.24, 2.45) is 0 Å². The van der Waals surface area contributed by atoms with Gasteiger partial charge in [0.2, 0.25) is 0 Å². The SMILES string of the molecule is Cc1c(C(O)N(C)C)nc2n1CN(C)CCC2. The van der Waals surface area contributed by atoms with E-state index in [1.54, 1.807) is 4.90 Å². The molecule has 0 radical (unpaired) electrons. The second-order valence-corrected chi connectivity index (χ2v) is 5.09. The summed E-state index contributed by atoms with van der Waals surface area (Å²) in [5.41, 5.74) is 1.87. The Morgan fingerprint density at radius 3 is 2.76 bits per heavy atom. The molecule has 0 bridgehead atoms. The Kier molecular flexibility index (Phi) is 3.51. The molecule has 17 heavy (non-hydrogen) atoms. The van der Waals surface area contributed by atoms with Gasteiger partial charge >= 0.3 is 0 Å². The van der Waals surface area contributed by atoms with Crippen molar-refractivity contribution >= 4 is 0 Å². The Balaban J connectivity index is 2.36. The van der Waals surface area contributed by atoms with Crippen LogP contribution in [0.25, 0.3) is 0 Å². The minimum Gasteiger partial charge on any atom is -0.372 e. The topological polar surface area (TPSA) is 44.5 Å². The molecule has 0 amide bonds. The van der Waals surface area contributed by atoms with Gasteiger partial charge in [0.1, 0.15) is 11.5 Å². The smallest absolute Gasteiger partial charge is 0.151 e. The average molecular weight is 238 g/mol. The molecule has 1 aliphatic rings. The number of rotatable bonds is 2. The maximum absolute atomic E-state index is 10.1. The maximum Gasteiger partial charge on any atom is 0.151 e. The largest absolute Gasteiger partial charge is 0.372 e. The van der Waals surface area contributed by atoms with E-state index in [9.17, 15) is 5.11 Å². The third-order valence-electron chi connectivity index (χ3n) is 3.39. The van der Waals surface area contributed by atoms with Crippen molar-refractivity contribution in [2.75, 3.05) is 27.7 Å². The number of nitrogens with zero attached hydrogens (tertiary/aromatic N) is 4. The number of aromatic nitrogens is 2. The molecule has 0 aromatic carbocycles. The second kappa shape index (κ2) is 4.76. The summed E-state index contributed by atoms with van der Waals surface area (Å²) in [4.78, 5) is 8.68. The van der Waals surface area contributed by atoms with Crippen LogP contribution in [0.15, 0.2) is 0 Å². The number of fused-ring (bicyclic) bond motifs is 1. The standard InChI is InChI=1S/C12H22N4O/c1-9-11(12(17)14(2)3)13-10-6-5-7-15(4)8-16(9)10/h12,17H,5-8H2,1-4H3. The molecule has 5 heteroatoms. The third kappa shape index (κ3) is 2.36. The van der Waals surface area contributed by atoms with Crippen LogP contribution < -0.4 is 0 Å². The Labute approximate surface area is 103 Å². The van der Waals surface area contributed by atoms with Gasteiger partial charge in [-0.3, -0.25) is 9.80 Å². The lowest BCUT2D eigenvalue weighted by atomic mass is 10.3. The molecule has 1 atom stereocenters. The molecule has 0 aliphatic carbocycles. The van der Waals surface area contributed by atoms with Crippen molar-refractivity contribution in [1.82, 2.24) is 19.4 Å². The fraction of sp³-hybridized carbons (Fsp3) is 0.750. The van der Waals surface area contributed by atoms with Crippen molar-refractivity contribution in [3.05, 3.63) is 17.2 Å². The van der Waals surface area contributed by atoms with Crippen molar-refractivity contribution in [3.8, 4) is 0 Å². The molecule has 1 aliphatic heterocycles. The molecular weight excluding hydrogens is 216 g/mol. The van der Waals surface area contributed by atoms with E-state index in [4.69, 9.17) is 0 Å². The first-order valence-electron chi connectivity index (χ1n) is 6.09. The molecule has 1 N–H and O–H groups in total. The molecule has 1 aromatic rings. The van der Waals surface area contributed by atoms with E-state index in [1.807, 2.05) is 21.0 Å². The zero-order valence-electron chi connectivity index (χ0n) is 11.1. The summed E-state index contributed by atoms with van der Waals surface area (Å²) in [7, 11) is 5.85. The van der Waals surface area contributed by atoms with Crippen LogP contribution >= 0.6 is 0 Å². The van der Waals surface area contributed by atoms with E-state index in [-0.39, 0.29) is 0 Å². The summed E-state index contributed by atoms with van der Waals surface area (Å²) in [6.45, 7) is 4.01. The highest BCUT2D eigenvalue weighted by molar-refractivity contribution is 5.18. The Morgan fingerprint density at radius 2 is 2.12 bits per heavy atom. The molecule has 1 unspecified atom stereocenters. The van der Waals surface area contributed by atoms with E-state index >= 15 is 0 Å². The van der Waals surface area contributed by atoms with Crippen LogP contribution in [-0.4, -0.2) is 52.1 Å². The quantitative estimate of drug-likeness (QED) is 0.766. The van der Waals surface area contributed by atoms with Crippen LogP contribution in [-0.2, 0) is 13.1 Å². The van der Waals surface area contributed by atoms with Gasteiger partial charge in [0.05, 0.1) is 6.67 Å². The molecule has 0 saturated carbocycles. The van der Waals surface area contributed by atoms with Gasteiger partial charge < -0.3 is 9.67 Å². The summed E-state index contributed by atoms with van der Waals surface area (Å²) in [6, 6.07) is 0. The summed E-state index contributed by atoms with van der Waals surface area (Å²) < 4.78 is 2.22. The molecule has 2 heterocycles. The lowest BCUT2D eigenvalue weighted by molar-refractivity contribution is 0.0353. The maximum atomic E-state index is 10.1. The fourth-order valence-electron chi connectivity index (χ4n) is 2.30. The lowest BCUT2D eigenvalue weighted by Crippen LogP contribution is -2.23. The van der Waals surface area contributed by atoms with Crippen molar-refractivity contribution < 1.29 is 5.11 Å². The lowest BCUT2D eigenvalue weighted by Gasteiger charge is -2.19.